The normalized spacial score (nSPS) is 10.3. The minimum atomic E-state index is 0.700. The van der Waals surface area contributed by atoms with Gasteiger partial charge in [0.2, 0.25) is 0 Å². The quantitative estimate of drug-likeness (QED) is 0.734. The van der Waals surface area contributed by atoms with E-state index >= 15 is 0 Å². The van der Waals surface area contributed by atoms with E-state index in [1.165, 1.54) is 0 Å². The fourth-order valence-electron chi connectivity index (χ4n) is 1.37. The highest BCUT2D eigenvalue weighted by Gasteiger charge is 1.97. The van der Waals surface area contributed by atoms with Crippen molar-refractivity contribution in [2.75, 3.05) is 18.4 Å². The van der Waals surface area contributed by atoms with Crippen LogP contribution in [0.1, 0.15) is 6.42 Å². The van der Waals surface area contributed by atoms with Crippen molar-refractivity contribution in [2.24, 2.45) is 5.73 Å². The number of nitrogens with one attached hydrogen (secondary N) is 1. The minimum absolute atomic E-state index is 0.700. The molecule has 84 valence electrons. The van der Waals surface area contributed by atoms with E-state index in [0.29, 0.717) is 6.54 Å². The lowest BCUT2D eigenvalue weighted by atomic mass is 10.3. The van der Waals surface area contributed by atoms with Crippen LogP contribution in [0.25, 0.3) is 5.82 Å². The molecule has 0 saturated carbocycles. The Balaban J connectivity index is 2.00. The lowest BCUT2D eigenvalue weighted by molar-refractivity contribution is 0.844. The van der Waals surface area contributed by atoms with E-state index in [0.717, 1.165) is 24.5 Å². The van der Waals surface area contributed by atoms with Gasteiger partial charge >= 0.3 is 0 Å². The third-order valence-corrected chi connectivity index (χ3v) is 2.20. The Morgan fingerprint density at radius 3 is 2.94 bits per heavy atom. The van der Waals surface area contributed by atoms with E-state index in [2.05, 4.69) is 15.4 Å². The van der Waals surface area contributed by atoms with Gasteiger partial charge in [-0.15, -0.1) is 0 Å². The van der Waals surface area contributed by atoms with Gasteiger partial charge in [-0.05, 0) is 31.2 Å². The number of hydrogen-bond acceptors (Lipinski definition) is 4. The van der Waals surface area contributed by atoms with Crippen molar-refractivity contribution in [3.8, 4) is 5.82 Å². The van der Waals surface area contributed by atoms with Crippen LogP contribution in [0, 0.1) is 0 Å². The lowest BCUT2D eigenvalue weighted by Gasteiger charge is -2.05. The highest BCUT2D eigenvalue weighted by atomic mass is 15.3. The molecule has 0 aliphatic carbocycles. The lowest BCUT2D eigenvalue weighted by Crippen LogP contribution is -2.08. The second kappa shape index (κ2) is 5.27. The molecular formula is C11H15N5. The molecule has 0 saturated heterocycles. The summed E-state index contributed by atoms with van der Waals surface area (Å²) in [6.07, 6.45) is 6.35. The topological polar surface area (TPSA) is 68.8 Å². The first kappa shape index (κ1) is 10.6. The van der Waals surface area contributed by atoms with Gasteiger partial charge in [0.25, 0.3) is 0 Å². The van der Waals surface area contributed by atoms with Crippen molar-refractivity contribution in [1.29, 1.82) is 0 Å². The monoisotopic (exact) mass is 217 g/mol. The molecular weight excluding hydrogens is 202 g/mol. The standard InChI is InChI=1S/C11H15N5/c12-5-1-6-13-10-3-4-11(14-9-10)16-8-2-7-15-16/h2-4,7-9,13H,1,5-6,12H2. The van der Waals surface area contributed by atoms with Crippen molar-refractivity contribution in [3.63, 3.8) is 0 Å². The zero-order chi connectivity index (χ0) is 11.2. The number of nitrogens with zero attached hydrogens (tertiary/aromatic N) is 3. The van der Waals surface area contributed by atoms with Crippen LogP contribution in [-0.2, 0) is 0 Å². The fourth-order valence-corrected chi connectivity index (χ4v) is 1.37. The zero-order valence-corrected chi connectivity index (χ0v) is 9.00. The van der Waals surface area contributed by atoms with E-state index < -0.39 is 0 Å². The van der Waals surface area contributed by atoms with Crippen molar-refractivity contribution >= 4 is 5.69 Å². The van der Waals surface area contributed by atoms with Gasteiger partial charge in [0.05, 0.1) is 11.9 Å². The summed E-state index contributed by atoms with van der Waals surface area (Å²) in [5, 5.41) is 7.35. The summed E-state index contributed by atoms with van der Waals surface area (Å²) in [5.41, 5.74) is 6.42. The van der Waals surface area contributed by atoms with Crippen LogP contribution in [0.15, 0.2) is 36.8 Å². The van der Waals surface area contributed by atoms with Crippen molar-refractivity contribution in [2.45, 2.75) is 6.42 Å². The molecule has 3 N–H and O–H groups in total. The average molecular weight is 217 g/mol. The van der Waals surface area contributed by atoms with Gasteiger partial charge in [0, 0.05) is 18.9 Å². The highest BCUT2D eigenvalue weighted by molar-refractivity contribution is 5.43. The molecule has 5 heteroatoms. The van der Waals surface area contributed by atoms with Gasteiger partial charge in [0.1, 0.15) is 0 Å². The fraction of sp³-hybridized carbons (Fsp3) is 0.273. The molecule has 2 aromatic rings. The summed E-state index contributed by atoms with van der Waals surface area (Å²) in [6.45, 7) is 1.57. The number of rotatable bonds is 5. The number of hydrogen-bond donors (Lipinski definition) is 2. The molecule has 16 heavy (non-hydrogen) atoms. The smallest absolute Gasteiger partial charge is 0.153 e. The van der Waals surface area contributed by atoms with Gasteiger partial charge in [-0.25, -0.2) is 9.67 Å². The van der Waals surface area contributed by atoms with E-state index in [1.54, 1.807) is 17.1 Å². The number of aromatic nitrogens is 3. The summed E-state index contributed by atoms with van der Waals surface area (Å²) in [7, 11) is 0. The molecule has 5 nitrogen and oxygen atoms in total. The molecule has 0 atom stereocenters. The molecule has 2 rings (SSSR count). The Morgan fingerprint density at radius 2 is 2.31 bits per heavy atom. The Morgan fingerprint density at radius 1 is 1.38 bits per heavy atom. The van der Waals surface area contributed by atoms with Gasteiger partial charge in [-0.2, -0.15) is 5.10 Å². The maximum Gasteiger partial charge on any atom is 0.153 e. The Hall–Kier alpha value is -1.88. The van der Waals surface area contributed by atoms with E-state index in [1.807, 2.05) is 24.4 Å². The summed E-state index contributed by atoms with van der Waals surface area (Å²) >= 11 is 0. The summed E-state index contributed by atoms with van der Waals surface area (Å²) < 4.78 is 1.73. The summed E-state index contributed by atoms with van der Waals surface area (Å²) in [6, 6.07) is 5.79. The van der Waals surface area contributed by atoms with E-state index in [9.17, 15) is 0 Å². The maximum atomic E-state index is 5.41. The van der Waals surface area contributed by atoms with E-state index in [-0.39, 0.29) is 0 Å². The second-order valence-electron chi connectivity index (χ2n) is 3.42. The van der Waals surface area contributed by atoms with Gasteiger partial charge in [-0.3, -0.25) is 0 Å². The second-order valence-corrected chi connectivity index (χ2v) is 3.42. The molecule has 0 fully saturated rings. The van der Waals surface area contributed by atoms with Crippen molar-refractivity contribution in [3.05, 3.63) is 36.8 Å². The first-order valence-electron chi connectivity index (χ1n) is 5.30. The van der Waals surface area contributed by atoms with E-state index in [4.69, 9.17) is 5.73 Å². The van der Waals surface area contributed by atoms with Gasteiger partial charge in [0.15, 0.2) is 5.82 Å². The maximum absolute atomic E-state index is 5.41. The van der Waals surface area contributed by atoms with Gasteiger partial charge in [-0.1, -0.05) is 0 Å². The zero-order valence-electron chi connectivity index (χ0n) is 9.00. The highest BCUT2D eigenvalue weighted by Crippen LogP contribution is 2.08. The van der Waals surface area contributed by atoms with Gasteiger partial charge < -0.3 is 11.1 Å². The number of nitrogens with two attached hydrogens (primary N) is 1. The van der Waals surface area contributed by atoms with Crippen LogP contribution in [0.4, 0.5) is 5.69 Å². The first-order chi connectivity index (χ1) is 7.90. The van der Waals surface area contributed by atoms with Crippen LogP contribution in [0.5, 0.6) is 0 Å². The van der Waals surface area contributed by atoms with Crippen LogP contribution in [-0.4, -0.2) is 27.9 Å². The molecule has 0 bridgehead atoms. The molecule has 2 heterocycles. The first-order valence-corrected chi connectivity index (χ1v) is 5.30. The summed E-state index contributed by atoms with van der Waals surface area (Å²) in [5.74, 6) is 0.814. The molecule has 0 radical (unpaired) electrons. The molecule has 0 aromatic carbocycles. The van der Waals surface area contributed by atoms with Crippen molar-refractivity contribution < 1.29 is 0 Å². The van der Waals surface area contributed by atoms with Crippen LogP contribution in [0.3, 0.4) is 0 Å². The third kappa shape index (κ3) is 2.58. The Kier molecular flexibility index (Phi) is 3.50. The Labute approximate surface area is 94.3 Å². The van der Waals surface area contributed by atoms with Crippen LogP contribution >= 0.6 is 0 Å². The average Bonchev–Trinajstić information content (AvgIpc) is 2.84. The van der Waals surface area contributed by atoms with Crippen molar-refractivity contribution in [1.82, 2.24) is 14.8 Å². The molecule has 0 aliphatic heterocycles. The molecule has 2 aromatic heterocycles. The molecule has 0 aliphatic rings. The third-order valence-electron chi connectivity index (χ3n) is 2.20. The SMILES string of the molecule is NCCCNc1ccc(-n2cccn2)nc1. The minimum Gasteiger partial charge on any atom is -0.384 e. The summed E-state index contributed by atoms with van der Waals surface area (Å²) in [4.78, 5) is 4.31. The predicted molar refractivity (Wildman–Crippen MR) is 63.5 cm³/mol. The Bertz CT molecular complexity index is 406. The number of anilines is 1. The molecule has 0 unspecified atom stereocenters. The number of pyridine rings is 1. The predicted octanol–water partition coefficient (Wildman–Crippen LogP) is 1.03. The molecule has 0 amide bonds. The molecule has 0 spiro atoms. The van der Waals surface area contributed by atoms with Crippen LogP contribution in [0.2, 0.25) is 0 Å². The van der Waals surface area contributed by atoms with Crippen LogP contribution < -0.4 is 11.1 Å². The largest absolute Gasteiger partial charge is 0.384 e.